The van der Waals surface area contributed by atoms with E-state index in [4.69, 9.17) is 4.74 Å². The molecule has 1 heterocycles. The van der Waals surface area contributed by atoms with Gasteiger partial charge in [-0.15, -0.1) is 24.8 Å². The molecular weight excluding hydrogens is 352 g/mol. The fraction of sp³-hybridized carbons (Fsp3) is 0.538. The number of halogens is 3. The van der Waals surface area contributed by atoms with E-state index in [9.17, 15) is 19.6 Å². The molecule has 2 N–H and O–H groups in total. The Morgan fingerprint density at radius 1 is 1.43 bits per heavy atom. The van der Waals surface area contributed by atoms with Crippen molar-refractivity contribution in [2.75, 3.05) is 40.0 Å². The maximum atomic E-state index is 13.5. The SMILES string of the molecule is COc1cc([N+](=O)[O-])cc([C@H](CF)N2CCNCC2)c1O.Cl.Cl. The van der Waals surface area contributed by atoms with Crippen molar-refractivity contribution in [2.24, 2.45) is 0 Å². The molecule has 1 aliphatic heterocycles. The molecule has 0 aliphatic carbocycles. The normalized spacial score (nSPS) is 15.9. The molecule has 0 unspecified atom stereocenters. The molecule has 1 fully saturated rings. The van der Waals surface area contributed by atoms with Gasteiger partial charge in [-0.2, -0.15) is 0 Å². The molecule has 23 heavy (non-hydrogen) atoms. The van der Waals surface area contributed by atoms with Gasteiger partial charge in [0.15, 0.2) is 11.5 Å². The Morgan fingerprint density at radius 2 is 2.04 bits per heavy atom. The summed E-state index contributed by atoms with van der Waals surface area (Å²) in [6, 6.07) is 1.62. The van der Waals surface area contributed by atoms with Crippen LogP contribution in [-0.4, -0.2) is 54.9 Å². The molecule has 132 valence electrons. The minimum atomic E-state index is -0.738. The molecule has 1 atom stereocenters. The first-order chi connectivity index (χ1) is 10.1. The van der Waals surface area contributed by atoms with Gasteiger partial charge in [-0.1, -0.05) is 0 Å². The van der Waals surface area contributed by atoms with Crippen molar-refractivity contribution in [3.05, 3.63) is 27.8 Å². The number of nitro benzene ring substituents is 1. The smallest absolute Gasteiger partial charge is 0.273 e. The number of hydrogen-bond donors (Lipinski definition) is 2. The number of ether oxygens (including phenoxy) is 1. The zero-order chi connectivity index (χ0) is 15.4. The predicted octanol–water partition coefficient (Wildman–Crippen LogP) is 2.07. The van der Waals surface area contributed by atoms with Crippen molar-refractivity contribution in [3.63, 3.8) is 0 Å². The molecule has 7 nitrogen and oxygen atoms in total. The second-order valence-corrected chi connectivity index (χ2v) is 4.80. The highest BCUT2D eigenvalue weighted by atomic mass is 35.5. The highest BCUT2D eigenvalue weighted by molar-refractivity contribution is 5.85. The molecular formula is C13H20Cl2FN3O4. The lowest BCUT2D eigenvalue weighted by molar-refractivity contribution is -0.385. The van der Waals surface area contributed by atoms with Crippen LogP contribution in [0.1, 0.15) is 11.6 Å². The van der Waals surface area contributed by atoms with Crippen molar-refractivity contribution in [1.29, 1.82) is 0 Å². The van der Waals surface area contributed by atoms with Gasteiger partial charge < -0.3 is 15.2 Å². The van der Waals surface area contributed by atoms with Gasteiger partial charge in [0.1, 0.15) is 6.67 Å². The molecule has 0 amide bonds. The Morgan fingerprint density at radius 3 is 2.52 bits per heavy atom. The van der Waals surface area contributed by atoms with E-state index in [2.05, 4.69) is 5.32 Å². The van der Waals surface area contributed by atoms with Crippen LogP contribution in [0.25, 0.3) is 0 Å². The summed E-state index contributed by atoms with van der Waals surface area (Å²) in [7, 11) is 1.30. The van der Waals surface area contributed by atoms with Crippen LogP contribution >= 0.6 is 24.8 Å². The number of benzene rings is 1. The van der Waals surface area contributed by atoms with Crippen LogP contribution < -0.4 is 10.1 Å². The van der Waals surface area contributed by atoms with Gasteiger partial charge in [0.2, 0.25) is 0 Å². The summed E-state index contributed by atoms with van der Waals surface area (Å²) in [6.45, 7) is 1.91. The number of phenolic OH excluding ortho intramolecular Hbond substituents is 1. The molecule has 1 aliphatic rings. The van der Waals surface area contributed by atoms with E-state index in [-0.39, 0.29) is 47.6 Å². The lowest BCUT2D eigenvalue weighted by Crippen LogP contribution is -2.45. The second-order valence-electron chi connectivity index (χ2n) is 4.80. The summed E-state index contributed by atoms with van der Waals surface area (Å²) in [5.41, 5.74) is -0.0429. The number of aromatic hydroxyl groups is 1. The molecule has 0 aromatic heterocycles. The highest BCUT2D eigenvalue weighted by Gasteiger charge is 2.28. The van der Waals surface area contributed by atoms with Crippen molar-refractivity contribution in [3.8, 4) is 11.5 Å². The summed E-state index contributed by atoms with van der Waals surface area (Å²) < 4.78 is 18.4. The Bertz CT molecular complexity index is 530. The quantitative estimate of drug-likeness (QED) is 0.608. The predicted molar refractivity (Wildman–Crippen MR) is 89.0 cm³/mol. The molecule has 2 rings (SSSR count). The molecule has 0 radical (unpaired) electrons. The molecule has 1 saturated heterocycles. The lowest BCUT2D eigenvalue weighted by atomic mass is 10.0. The summed E-state index contributed by atoms with van der Waals surface area (Å²) in [5.74, 6) is -0.267. The zero-order valence-corrected chi connectivity index (χ0v) is 14.2. The summed E-state index contributed by atoms with van der Waals surface area (Å²) in [6.07, 6.45) is 0. The van der Waals surface area contributed by atoms with Crippen molar-refractivity contribution >= 4 is 30.5 Å². The summed E-state index contributed by atoms with van der Waals surface area (Å²) >= 11 is 0. The van der Waals surface area contributed by atoms with Crippen molar-refractivity contribution in [2.45, 2.75) is 6.04 Å². The van der Waals surface area contributed by atoms with Crippen LogP contribution in [0.15, 0.2) is 12.1 Å². The first-order valence-electron chi connectivity index (χ1n) is 6.64. The average molecular weight is 372 g/mol. The Kier molecular flexibility index (Phi) is 9.14. The van der Waals surface area contributed by atoms with E-state index in [1.807, 2.05) is 4.90 Å². The molecule has 10 heteroatoms. The van der Waals surface area contributed by atoms with Gasteiger partial charge in [0.25, 0.3) is 5.69 Å². The van der Waals surface area contributed by atoms with Gasteiger partial charge in [-0.25, -0.2) is 4.39 Å². The largest absolute Gasteiger partial charge is 0.504 e. The molecule has 1 aromatic carbocycles. The van der Waals surface area contributed by atoms with Crippen LogP contribution in [0.5, 0.6) is 11.5 Å². The fourth-order valence-corrected chi connectivity index (χ4v) is 2.50. The fourth-order valence-electron chi connectivity index (χ4n) is 2.50. The van der Waals surface area contributed by atoms with Gasteiger partial charge in [0.05, 0.1) is 24.1 Å². The average Bonchev–Trinajstić information content (AvgIpc) is 2.50. The standard InChI is InChI=1S/C13H18FN3O4.2ClH/c1-21-12-7-9(17(19)20)6-10(13(12)18)11(8-14)16-4-2-15-3-5-16;;/h6-7,11,15,18H,2-5,8H2,1H3;2*1H/t11-;;/m0../s1. The van der Waals surface area contributed by atoms with E-state index >= 15 is 0 Å². The molecule has 0 bridgehead atoms. The lowest BCUT2D eigenvalue weighted by Gasteiger charge is -2.33. The van der Waals surface area contributed by atoms with Crippen molar-refractivity contribution < 1.29 is 19.2 Å². The monoisotopic (exact) mass is 371 g/mol. The van der Waals surface area contributed by atoms with Gasteiger partial charge in [0, 0.05) is 37.8 Å². The van der Waals surface area contributed by atoms with E-state index in [0.29, 0.717) is 26.2 Å². The first-order valence-corrected chi connectivity index (χ1v) is 6.64. The third-order valence-electron chi connectivity index (χ3n) is 3.62. The number of alkyl halides is 1. The molecule has 0 saturated carbocycles. The number of nitrogens with zero attached hydrogens (tertiary/aromatic N) is 2. The third-order valence-corrected chi connectivity index (χ3v) is 3.62. The van der Waals surface area contributed by atoms with E-state index in [0.717, 1.165) is 6.07 Å². The van der Waals surface area contributed by atoms with E-state index in [1.54, 1.807) is 0 Å². The van der Waals surface area contributed by atoms with Crippen LogP contribution in [0.2, 0.25) is 0 Å². The topological polar surface area (TPSA) is 87.9 Å². The zero-order valence-electron chi connectivity index (χ0n) is 12.5. The number of non-ortho nitro benzene ring substituents is 1. The molecule has 0 spiro atoms. The maximum Gasteiger partial charge on any atom is 0.273 e. The number of hydrogen-bond acceptors (Lipinski definition) is 6. The highest BCUT2D eigenvalue weighted by Crippen LogP contribution is 2.39. The Labute approximate surface area is 145 Å². The van der Waals surface area contributed by atoms with Gasteiger partial charge in [-0.05, 0) is 0 Å². The first kappa shape index (κ1) is 21.6. The summed E-state index contributed by atoms with van der Waals surface area (Å²) in [5, 5.41) is 24.3. The van der Waals surface area contributed by atoms with Gasteiger partial charge in [-0.3, -0.25) is 15.0 Å². The third kappa shape index (κ3) is 4.81. The summed E-state index contributed by atoms with van der Waals surface area (Å²) in [4.78, 5) is 12.2. The number of nitro groups is 1. The van der Waals surface area contributed by atoms with Crippen molar-refractivity contribution in [1.82, 2.24) is 10.2 Å². The number of piperazine rings is 1. The maximum absolute atomic E-state index is 13.5. The number of nitrogens with one attached hydrogen (secondary N) is 1. The minimum Gasteiger partial charge on any atom is -0.504 e. The van der Waals surface area contributed by atoms with E-state index < -0.39 is 17.6 Å². The van der Waals surface area contributed by atoms with Crippen LogP contribution in [0, 0.1) is 10.1 Å². The van der Waals surface area contributed by atoms with Crippen LogP contribution in [0.4, 0.5) is 10.1 Å². The van der Waals surface area contributed by atoms with Gasteiger partial charge >= 0.3 is 0 Å². The minimum absolute atomic E-state index is 0. The number of phenols is 1. The number of methoxy groups -OCH3 is 1. The second kappa shape index (κ2) is 9.71. The number of rotatable bonds is 5. The molecule has 1 aromatic rings. The van der Waals surface area contributed by atoms with Crippen LogP contribution in [-0.2, 0) is 0 Å². The Hall–Kier alpha value is -1.35. The Balaban J connectivity index is 0.00000242. The van der Waals surface area contributed by atoms with E-state index in [1.165, 1.54) is 13.2 Å². The van der Waals surface area contributed by atoms with Crippen LogP contribution in [0.3, 0.4) is 0 Å².